The molecule has 0 amide bonds. The summed E-state index contributed by atoms with van der Waals surface area (Å²) in [6.07, 6.45) is 4.90. The summed E-state index contributed by atoms with van der Waals surface area (Å²) in [5, 5.41) is 0. The summed E-state index contributed by atoms with van der Waals surface area (Å²) in [6, 6.07) is 10.8. The van der Waals surface area contributed by atoms with Crippen LogP contribution >= 0.6 is 0 Å². The van der Waals surface area contributed by atoms with Gasteiger partial charge < -0.3 is 4.57 Å². The minimum atomic E-state index is 0.193. The monoisotopic (exact) mass is 243 g/mol. The van der Waals surface area contributed by atoms with Crippen molar-refractivity contribution in [2.75, 3.05) is 0 Å². The fraction of sp³-hybridized carbons (Fsp3) is 0.357. The second kappa shape index (κ2) is 4.92. The van der Waals surface area contributed by atoms with Gasteiger partial charge in [-0.25, -0.2) is 4.98 Å². The number of nitrogens with one attached hydrogen (secondary N) is 1. The lowest BCUT2D eigenvalue weighted by molar-refractivity contribution is 0.00170. The van der Waals surface area contributed by atoms with Gasteiger partial charge in [0.05, 0.1) is 12.6 Å². The third-order valence-corrected chi connectivity index (χ3v) is 3.37. The highest BCUT2D eigenvalue weighted by Gasteiger charge is 2.28. The van der Waals surface area contributed by atoms with Crippen molar-refractivity contribution in [1.82, 2.24) is 15.0 Å². The quantitative estimate of drug-likeness (QED) is 0.839. The number of nitrogens with zero attached hydrogens (tertiary/aromatic N) is 2. The maximum atomic E-state index is 5.57. The topological polar surface area (TPSA) is 39.1 Å². The van der Waals surface area contributed by atoms with E-state index in [0.29, 0.717) is 12.6 Å². The van der Waals surface area contributed by atoms with Crippen molar-refractivity contribution in [3.63, 3.8) is 0 Å². The van der Waals surface area contributed by atoms with Gasteiger partial charge in [-0.05, 0) is 18.9 Å². The van der Waals surface area contributed by atoms with Crippen molar-refractivity contribution < 1.29 is 4.84 Å². The third kappa shape index (κ3) is 2.17. The van der Waals surface area contributed by atoms with Gasteiger partial charge in [-0.1, -0.05) is 30.3 Å². The fourth-order valence-corrected chi connectivity index (χ4v) is 2.43. The Kier molecular flexibility index (Phi) is 3.13. The Hall–Kier alpha value is -1.65. The molecule has 1 aromatic carbocycles. The van der Waals surface area contributed by atoms with Crippen molar-refractivity contribution in [2.24, 2.45) is 0 Å². The molecular weight excluding hydrogens is 226 g/mol. The molecule has 0 spiro atoms. The van der Waals surface area contributed by atoms with Crippen molar-refractivity contribution in [2.45, 2.75) is 32.0 Å². The zero-order valence-electron chi connectivity index (χ0n) is 10.4. The highest BCUT2D eigenvalue weighted by molar-refractivity contribution is 5.13. The first-order valence-electron chi connectivity index (χ1n) is 6.28. The van der Waals surface area contributed by atoms with E-state index in [1.807, 2.05) is 30.6 Å². The van der Waals surface area contributed by atoms with E-state index in [2.05, 4.69) is 34.1 Å². The van der Waals surface area contributed by atoms with Gasteiger partial charge in [0.15, 0.2) is 0 Å². The van der Waals surface area contributed by atoms with Gasteiger partial charge in [-0.2, -0.15) is 5.48 Å². The molecule has 2 heterocycles. The normalized spacial score (nSPS) is 22.1. The Morgan fingerprint density at radius 3 is 3.06 bits per heavy atom. The molecule has 0 bridgehead atoms. The number of benzene rings is 1. The summed E-state index contributed by atoms with van der Waals surface area (Å²) in [4.78, 5) is 9.95. The molecule has 2 atom stereocenters. The van der Waals surface area contributed by atoms with Gasteiger partial charge in [-0.15, -0.1) is 0 Å². The van der Waals surface area contributed by atoms with Gasteiger partial charge in [0.2, 0.25) is 0 Å². The van der Waals surface area contributed by atoms with Crippen LogP contribution in [0.3, 0.4) is 0 Å². The molecule has 0 radical (unpaired) electrons. The molecule has 0 saturated carbocycles. The predicted molar refractivity (Wildman–Crippen MR) is 68.7 cm³/mol. The first-order chi connectivity index (χ1) is 8.84. The van der Waals surface area contributed by atoms with Crippen LogP contribution in [0.2, 0.25) is 0 Å². The molecule has 0 aliphatic carbocycles. The molecule has 4 nitrogen and oxygen atoms in total. The van der Waals surface area contributed by atoms with Gasteiger partial charge in [0.1, 0.15) is 5.82 Å². The zero-order valence-corrected chi connectivity index (χ0v) is 10.4. The molecule has 1 aliphatic heterocycles. The lowest BCUT2D eigenvalue weighted by Gasteiger charge is -2.11. The number of hydrogen-bond donors (Lipinski definition) is 1. The highest BCUT2D eigenvalue weighted by atomic mass is 16.6. The van der Waals surface area contributed by atoms with E-state index in [0.717, 1.165) is 12.2 Å². The van der Waals surface area contributed by atoms with Crippen LogP contribution in [0.25, 0.3) is 0 Å². The minimum absolute atomic E-state index is 0.193. The summed E-state index contributed by atoms with van der Waals surface area (Å²) in [5.41, 5.74) is 4.29. The minimum Gasteiger partial charge on any atom is -0.331 e. The Morgan fingerprint density at radius 1 is 1.39 bits per heavy atom. The van der Waals surface area contributed by atoms with Crippen LogP contribution in [0.4, 0.5) is 0 Å². The summed E-state index contributed by atoms with van der Waals surface area (Å²) in [5.74, 6) is 1.07. The SMILES string of the molecule is CC1CC(NOCc2ccccc2)c2nccn21. The standard InChI is InChI=1S/C14H17N3O/c1-11-9-13(14-15-7-8-17(11)14)16-18-10-12-5-3-2-4-6-12/h2-8,11,13,16H,9-10H2,1H3. The smallest absolute Gasteiger partial charge is 0.128 e. The fourth-order valence-electron chi connectivity index (χ4n) is 2.43. The third-order valence-electron chi connectivity index (χ3n) is 3.37. The number of rotatable bonds is 4. The van der Waals surface area contributed by atoms with Crippen LogP contribution in [-0.2, 0) is 11.4 Å². The number of hydroxylamine groups is 1. The Labute approximate surface area is 107 Å². The summed E-state index contributed by atoms with van der Waals surface area (Å²) < 4.78 is 2.20. The molecule has 1 N–H and O–H groups in total. The van der Waals surface area contributed by atoms with Crippen LogP contribution in [-0.4, -0.2) is 9.55 Å². The molecule has 0 saturated heterocycles. The number of fused-ring (bicyclic) bond motifs is 1. The molecule has 2 unspecified atom stereocenters. The zero-order chi connectivity index (χ0) is 12.4. The number of aromatic nitrogens is 2. The Morgan fingerprint density at radius 2 is 2.22 bits per heavy atom. The summed E-state index contributed by atoms with van der Waals surface area (Å²) >= 11 is 0. The molecule has 2 aromatic rings. The molecule has 18 heavy (non-hydrogen) atoms. The predicted octanol–water partition coefficient (Wildman–Crippen LogP) is 2.61. The van der Waals surface area contributed by atoms with Crippen molar-refractivity contribution in [1.29, 1.82) is 0 Å². The Balaban J connectivity index is 1.56. The van der Waals surface area contributed by atoms with Gasteiger partial charge in [0, 0.05) is 18.4 Å². The lowest BCUT2D eigenvalue weighted by Crippen LogP contribution is -2.20. The van der Waals surface area contributed by atoms with Crippen LogP contribution < -0.4 is 5.48 Å². The van der Waals surface area contributed by atoms with Crippen molar-refractivity contribution >= 4 is 0 Å². The summed E-state index contributed by atoms with van der Waals surface area (Å²) in [6.45, 7) is 2.77. The molecule has 4 heteroatoms. The van der Waals surface area contributed by atoms with Crippen LogP contribution in [0.5, 0.6) is 0 Å². The van der Waals surface area contributed by atoms with Gasteiger partial charge >= 0.3 is 0 Å². The second-order valence-corrected chi connectivity index (χ2v) is 4.72. The van der Waals surface area contributed by atoms with Crippen molar-refractivity contribution in [3.8, 4) is 0 Å². The number of hydrogen-bond acceptors (Lipinski definition) is 3. The van der Waals surface area contributed by atoms with E-state index < -0.39 is 0 Å². The van der Waals surface area contributed by atoms with Crippen LogP contribution in [0, 0.1) is 0 Å². The molecule has 94 valence electrons. The second-order valence-electron chi connectivity index (χ2n) is 4.72. The van der Waals surface area contributed by atoms with E-state index in [1.54, 1.807) is 0 Å². The maximum absolute atomic E-state index is 5.57. The van der Waals surface area contributed by atoms with Crippen LogP contribution in [0.15, 0.2) is 42.7 Å². The summed E-state index contributed by atoms with van der Waals surface area (Å²) in [7, 11) is 0. The van der Waals surface area contributed by atoms with E-state index in [-0.39, 0.29) is 6.04 Å². The molecule has 1 aromatic heterocycles. The van der Waals surface area contributed by atoms with E-state index >= 15 is 0 Å². The lowest BCUT2D eigenvalue weighted by atomic mass is 10.2. The first kappa shape index (κ1) is 11.4. The maximum Gasteiger partial charge on any atom is 0.128 e. The van der Waals surface area contributed by atoms with Crippen molar-refractivity contribution in [3.05, 3.63) is 54.1 Å². The largest absolute Gasteiger partial charge is 0.331 e. The number of imidazole rings is 1. The molecule has 3 rings (SSSR count). The molecule has 1 aliphatic rings. The van der Waals surface area contributed by atoms with Gasteiger partial charge in [0.25, 0.3) is 0 Å². The molecule has 0 fully saturated rings. The highest BCUT2D eigenvalue weighted by Crippen LogP contribution is 2.32. The average molecular weight is 243 g/mol. The van der Waals surface area contributed by atoms with E-state index in [9.17, 15) is 0 Å². The van der Waals surface area contributed by atoms with Crippen LogP contribution in [0.1, 0.15) is 36.8 Å². The van der Waals surface area contributed by atoms with E-state index in [4.69, 9.17) is 4.84 Å². The van der Waals surface area contributed by atoms with E-state index in [1.165, 1.54) is 5.56 Å². The van der Waals surface area contributed by atoms with Gasteiger partial charge in [-0.3, -0.25) is 4.84 Å². The Bertz CT molecular complexity index is 509. The molecular formula is C14H17N3O. The first-order valence-corrected chi connectivity index (χ1v) is 6.28. The average Bonchev–Trinajstić information content (AvgIpc) is 2.97.